The summed E-state index contributed by atoms with van der Waals surface area (Å²) in [6, 6.07) is 7.85. The summed E-state index contributed by atoms with van der Waals surface area (Å²) in [5.74, 6) is 0. The van der Waals surface area contributed by atoms with Gasteiger partial charge in [-0.2, -0.15) is 0 Å². The second kappa shape index (κ2) is 4.64. The average molecular weight is 333 g/mol. The van der Waals surface area contributed by atoms with Gasteiger partial charge in [-0.1, -0.05) is 17.3 Å². The number of aliphatic hydroxyl groups is 1. The molecule has 0 aliphatic heterocycles. The summed E-state index contributed by atoms with van der Waals surface area (Å²) < 4.78 is 2.56. The van der Waals surface area contributed by atoms with Crippen LogP contribution < -0.4 is 0 Å². The molecule has 1 aromatic carbocycles. The largest absolute Gasteiger partial charge is 0.384 e. The maximum absolute atomic E-state index is 9.96. The minimum absolute atomic E-state index is 0.520. The summed E-state index contributed by atoms with van der Waals surface area (Å²) in [6.45, 7) is 3.36. The molecular formula is C14H13BrN4O. The third-order valence-corrected chi connectivity index (χ3v) is 3.46. The van der Waals surface area contributed by atoms with Crippen molar-refractivity contribution >= 4 is 26.8 Å². The molecule has 20 heavy (non-hydrogen) atoms. The zero-order chi connectivity index (χ0) is 14.3. The van der Waals surface area contributed by atoms with E-state index < -0.39 is 5.60 Å². The van der Waals surface area contributed by atoms with Crippen LogP contribution in [0, 0.1) is 0 Å². The number of nitrogens with zero attached hydrogens (tertiary/aromatic N) is 4. The van der Waals surface area contributed by atoms with Gasteiger partial charge in [0.2, 0.25) is 0 Å². The SMILES string of the molecule is CC(C)(O)c1cn(-c2cccc3cc(Br)cnc23)nn1. The molecule has 0 saturated carbocycles. The fourth-order valence-corrected chi connectivity index (χ4v) is 2.31. The molecule has 0 radical (unpaired) electrons. The molecule has 0 fully saturated rings. The first-order chi connectivity index (χ1) is 9.45. The van der Waals surface area contributed by atoms with Crippen LogP contribution in [-0.4, -0.2) is 25.1 Å². The summed E-state index contributed by atoms with van der Waals surface area (Å²) in [6.07, 6.45) is 3.47. The lowest BCUT2D eigenvalue weighted by Crippen LogP contribution is -2.15. The molecular weight excluding hydrogens is 320 g/mol. The van der Waals surface area contributed by atoms with Crippen LogP contribution in [0.25, 0.3) is 16.6 Å². The van der Waals surface area contributed by atoms with Gasteiger partial charge in [0, 0.05) is 16.1 Å². The van der Waals surface area contributed by atoms with Gasteiger partial charge < -0.3 is 5.11 Å². The number of halogens is 1. The molecule has 0 bridgehead atoms. The lowest BCUT2D eigenvalue weighted by molar-refractivity contribution is 0.0737. The van der Waals surface area contributed by atoms with E-state index in [0.717, 1.165) is 21.1 Å². The molecule has 0 spiro atoms. The molecule has 3 rings (SSSR count). The van der Waals surface area contributed by atoms with Crippen LogP contribution in [0.3, 0.4) is 0 Å². The van der Waals surface area contributed by atoms with E-state index in [1.807, 2.05) is 24.3 Å². The lowest BCUT2D eigenvalue weighted by atomic mass is 10.1. The fraction of sp³-hybridized carbons (Fsp3) is 0.214. The number of hydrogen-bond donors (Lipinski definition) is 1. The molecule has 0 unspecified atom stereocenters. The molecule has 0 amide bonds. The van der Waals surface area contributed by atoms with Crippen LogP contribution >= 0.6 is 15.9 Å². The molecule has 1 N–H and O–H groups in total. The van der Waals surface area contributed by atoms with Gasteiger partial charge >= 0.3 is 0 Å². The first kappa shape index (κ1) is 13.2. The highest BCUT2D eigenvalue weighted by atomic mass is 79.9. The number of hydrogen-bond acceptors (Lipinski definition) is 4. The molecule has 6 heteroatoms. The second-order valence-electron chi connectivity index (χ2n) is 5.11. The van der Waals surface area contributed by atoms with Crippen LogP contribution in [0.4, 0.5) is 0 Å². The van der Waals surface area contributed by atoms with Gasteiger partial charge in [0.05, 0.1) is 17.4 Å². The first-order valence-corrected chi connectivity index (χ1v) is 6.94. The molecule has 2 aromatic heterocycles. The Balaban J connectivity index is 2.17. The van der Waals surface area contributed by atoms with Crippen molar-refractivity contribution in [3.05, 3.63) is 46.8 Å². The molecule has 0 aliphatic rings. The Hall–Kier alpha value is -1.79. The monoisotopic (exact) mass is 332 g/mol. The van der Waals surface area contributed by atoms with Crippen molar-refractivity contribution in [1.82, 2.24) is 20.0 Å². The summed E-state index contributed by atoms with van der Waals surface area (Å²) in [7, 11) is 0. The van der Waals surface area contributed by atoms with Gasteiger partial charge in [0.1, 0.15) is 11.3 Å². The van der Waals surface area contributed by atoms with Gasteiger partial charge in [0.25, 0.3) is 0 Å². The molecule has 2 heterocycles. The number of fused-ring (bicyclic) bond motifs is 1. The van der Waals surface area contributed by atoms with Crippen molar-refractivity contribution in [3.8, 4) is 5.69 Å². The highest BCUT2D eigenvalue weighted by Gasteiger charge is 2.20. The van der Waals surface area contributed by atoms with Crippen molar-refractivity contribution < 1.29 is 5.11 Å². The predicted molar refractivity (Wildman–Crippen MR) is 79.6 cm³/mol. The van der Waals surface area contributed by atoms with Crippen molar-refractivity contribution in [1.29, 1.82) is 0 Å². The van der Waals surface area contributed by atoms with Crippen molar-refractivity contribution in [2.75, 3.05) is 0 Å². The lowest BCUT2D eigenvalue weighted by Gasteiger charge is -2.11. The standard InChI is InChI=1S/C14H13BrN4O/c1-14(2,20)12-8-19(18-17-12)11-5-3-4-9-6-10(15)7-16-13(9)11/h3-8,20H,1-2H3. The zero-order valence-corrected chi connectivity index (χ0v) is 12.7. The van der Waals surface area contributed by atoms with E-state index in [1.165, 1.54) is 0 Å². The van der Waals surface area contributed by atoms with Crippen LogP contribution in [0.15, 0.2) is 41.1 Å². The number of aromatic nitrogens is 4. The Kier molecular flexibility index (Phi) is 3.07. The second-order valence-corrected chi connectivity index (χ2v) is 6.03. The smallest absolute Gasteiger partial charge is 0.114 e. The third-order valence-electron chi connectivity index (χ3n) is 3.02. The minimum atomic E-state index is -1.01. The third kappa shape index (κ3) is 2.32. The Morgan fingerprint density at radius 3 is 2.80 bits per heavy atom. The average Bonchev–Trinajstić information content (AvgIpc) is 2.87. The van der Waals surface area contributed by atoms with Gasteiger partial charge in [-0.05, 0) is 41.9 Å². The van der Waals surface area contributed by atoms with E-state index in [0.29, 0.717) is 5.69 Å². The van der Waals surface area contributed by atoms with Gasteiger partial charge in [-0.25, -0.2) is 4.68 Å². The van der Waals surface area contributed by atoms with Gasteiger partial charge in [-0.15, -0.1) is 5.10 Å². The Morgan fingerprint density at radius 1 is 1.30 bits per heavy atom. The molecule has 0 atom stereocenters. The van der Waals surface area contributed by atoms with E-state index in [1.54, 1.807) is 30.9 Å². The van der Waals surface area contributed by atoms with Gasteiger partial charge in [-0.3, -0.25) is 4.98 Å². The van der Waals surface area contributed by atoms with E-state index in [4.69, 9.17) is 0 Å². The van der Waals surface area contributed by atoms with Crippen molar-refractivity contribution in [2.24, 2.45) is 0 Å². The van der Waals surface area contributed by atoms with Crippen molar-refractivity contribution in [2.45, 2.75) is 19.4 Å². The zero-order valence-electron chi connectivity index (χ0n) is 11.1. The number of para-hydroxylation sites is 1. The number of benzene rings is 1. The Bertz CT molecular complexity index is 776. The molecule has 0 aliphatic carbocycles. The summed E-state index contributed by atoms with van der Waals surface area (Å²) in [5.41, 5.74) is 1.17. The topological polar surface area (TPSA) is 63.8 Å². The fourth-order valence-electron chi connectivity index (χ4n) is 1.96. The van der Waals surface area contributed by atoms with E-state index in [-0.39, 0.29) is 0 Å². The van der Waals surface area contributed by atoms with Gasteiger partial charge in [0.15, 0.2) is 0 Å². The maximum atomic E-state index is 9.96. The van der Waals surface area contributed by atoms with Crippen molar-refractivity contribution in [3.63, 3.8) is 0 Å². The van der Waals surface area contributed by atoms with E-state index in [2.05, 4.69) is 31.2 Å². The highest BCUT2D eigenvalue weighted by molar-refractivity contribution is 9.10. The Labute approximate surface area is 124 Å². The normalized spacial score (nSPS) is 12.0. The number of pyridine rings is 1. The molecule has 102 valence electrons. The molecule has 5 nitrogen and oxygen atoms in total. The quantitative estimate of drug-likeness (QED) is 0.783. The highest BCUT2D eigenvalue weighted by Crippen LogP contribution is 2.24. The predicted octanol–water partition coefficient (Wildman–Crippen LogP) is 2.81. The van der Waals surface area contributed by atoms with Crippen LogP contribution in [0.2, 0.25) is 0 Å². The van der Waals surface area contributed by atoms with Crippen LogP contribution in [0.1, 0.15) is 19.5 Å². The minimum Gasteiger partial charge on any atom is -0.384 e. The summed E-state index contributed by atoms with van der Waals surface area (Å²) >= 11 is 3.41. The number of rotatable bonds is 2. The van der Waals surface area contributed by atoms with E-state index in [9.17, 15) is 5.11 Å². The van der Waals surface area contributed by atoms with Crippen LogP contribution in [0.5, 0.6) is 0 Å². The first-order valence-electron chi connectivity index (χ1n) is 6.15. The Morgan fingerprint density at radius 2 is 2.10 bits per heavy atom. The summed E-state index contributed by atoms with van der Waals surface area (Å²) in [5, 5.41) is 19.1. The summed E-state index contributed by atoms with van der Waals surface area (Å²) in [4.78, 5) is 4.43. The molecule has 3 aromatic rings. The van der Waals surface area contributed by atoms with E-state index >= 15 is 0 Å². The molecule has 0 saturated heterocycles. The van der Waals surface area contributed by atoms with Crippen LogP contribution in [-0.2, 0) is 5.60 Å². The maximum Gasteiger partial charge on any atom is 0.114 e.